The van der Waals surface area contributed by atoms with Gasteiger partial charge in [0, 0.05) is 30.8 Å². The van der Waals surface area contributed by atoms with E-state index in [1.165, 1.54) is 17.0 Å². The van der Waals surface area contributed by atoms with Gasteiger partial charge in [0.15, 0.2) is 0 Å². The highest BCUT2D eigenvalue weighted by atomic mass is 16.3. The molecule has 0 radical (unpaired) electrons. The lowest BCUT2D eigenvalue weighted by Crippen LogP contribution is -2.46. The van der Waals surface area contributed by atoms with Crippen LogP contribution in [0.25, 0.3) is 0 Å². The summed E-state index contributed by atoms with van der Waals surface area (Å²) in [5.41, 5.74) is 1.99. The first-order chi connectivity index (χ1) is 16.7. The predicted octanol–water partition coefficient (Wildman–Crippen LogP) is 4.11. The monoisotopic (exact) mass is 474 g/mol. The molecule has 182 valence electrons. The van der Waals surface area contributed by atoms with E-state index in [2.05, 4.69) is 15.6 Å². The third-order valence-electron chi connectivity index (χ3n) is 5.19. The molecule has 1 heterocycles. The van der Waals surface area contributed by atoms with Crippen molar-refractivity contribution in [2.75, 3.05) is 10.2 Å². The molecule has 0 aliphatic carbocycles. The molecule has 0 fully saturated rings. The summed E-state index contributed by atoms with van der Waals surface area (Å²) >= 11 is 0. The van der Waals surface area contributed by atoms with Crippen LogP contribution in [0.15, 0.2) is 72.9 Å². The van der Waals surface area contributed by atoms with Gasteiger partial charge in [-0.1, -0.05) is 30.3 Å². The first kappa shape index (κ1) is 25.4. The predicted molar refractivity (Wildman–Crippen MR) is 135 cm³/mol. The molecule has 0 unspecified atom stereocenters. The van der Waals surface area contributed by atoms with Crippen LogP contribution in [0.3, 0.4) is 0 Å². The van der Waals surface area contributed by atoms with E-state index in [9.17, 15) is 19.5 Å². The van der Waals surface area contributed by atoms with Crippen molar-refractivity contribution in [3.8, 4) is 5.75 Å². The van der Waals surface area contributed by atoms with Gasteiger partial charge >= 0.3 is 0 Å². The zero-order chi connectivity index (χ0) is 25.4. The third-order valence-corrected chi connectivity index (χ3v) is 5.19. The molecular formula is C27H30N4O4. The molecule has 3 rings (SSSR count). The molecular weight excluding hydrogens is 444 g/mol. The number of anilines is 2. The number of nitrogens with one attached hydrogen (secondary N) is 2. The zero-order valence-corrected chi connectivity index (χ0v) is 20.1. The van der Waals surface area contributed by atoms with Crippen molar-refractivity contribution in [2.45, 2.75) is 45.7 Å². The number of aromatic nitrogens is 1. The van der Waals surface area contributed by atoms with Crippen LogP contribution in [-0.4, -0.2) is 33.9 Å². The Kier molecular flexibility index (Phi) is 8.56. The van der Waals surface area contributed by atoms with E-state index < -0.39 is 6.04 Å². The average Bonchev–Trinajstić information content (AvgIpc) is 2.82. The number of aromatic hydroxyl groups is 1. The highest BCUT2D eigenvalue weighted by molar-refractivity contribution is 6.03. The molecule has 8 heteroatoms. The van der Waals surface area contributed by atoms with Crippen LogP contribution in [0.4, 0.5) is 11.5 Å². The Labute approximate surface area is 205 Å². The molecule has 2 aromatic carbocycles. The number of benzene rings is 2. The summed E-state index contributed by atoms with van der Waals surface area (Å²) < 4.78 is 0. The minimum absolute atomic E-state index is 0.0522. The average molecular weight is 475 g/mol. The van der Waals surface area contributed by atoms with E-state index in [1.807, 2.05) is 39.0 Å². The maximum absolute atomic E-state index is 13.6. The van der Waals surface area contributed by atoms with Crippen molar-refractivity contribution in [3.05, 3.63) is 84.1 Å². The number of hydrogen-bond donors (Lipinski definition) is 3. The zero-order valence-electron chi connectivity index (χ0n) is 20.1. The van der Waals surface area contributed by atoms with Gasteiger partial charge in [-0.05, 0) is 68.3 Å². The van der Waals surface area contributed by atoms with Gasteiger partial charge in [0.25, 0.3) is 0 Å². The minimum Gasteiger partial charge on any atom is -0.508 e. The fourth-order valence-corrected chi connectivity index (χ4v) is 3.64. The molecule has 1 aromatic heterocycles. The topological polar surface area (TPSA) is 112 Å². The van der Waals surface area contributed by atoms with Crippen LogP contribution in [0.2, 0.25) is 0 Å². The van der Waals surface area contributed by atoms with Gasteiger partial charge in [-0.15, -0.1) is 0 Å². The van der Waals surface area contributed by atoms with Crippen molar-refractivity contribution in [3.63, 3.8) is 0 Å². The highest BCUT2D eigenvalue weighted by Gasteiger charge is 2.33. The summed E-state index contributed by atoms with van der Waals surface area (Å²) in [7, 11) is 0. The van der Waals surface area contributed by atoms with Gasteiger partial charge < -0.3 is 15.7 Å². The standard InChI is InChI=1S/C27H30N4O4/c1-18(2)29-27(35)26(20-10-12-22(32)13-11-20)31(21-8-6-7-19(3)17-21)25(34)15-14-24(33)30-23-9-4-5-16-28-23/h4-13,16-18,26,32H,14-15H2,1-3H3,(H,29,35)(H,28,30,33)/t26-/m1/s1. The summed E-state index contributed by atoms with van der Waals surface area (Å²) in [6.07, 6.45) is 1.37. The lowest BCUT2D eigenvalue weighted by molar-refractivity contribution is -0.127. The van der Waals surface area contributed by atoms with Crippen molar-refractivity contribution in [1.29, 1.82) is 0 Å². The Morgan fingerprint density at radius 1 is 0.971 bits per heavy atom. The smallest absolute Gasteiger partial charge is 0.248 e. The summed E-state index contributed by atoms with van der Waals surface area (Å²) in [6, 6.07) is 17.5. The number of pyridine rings is 1. The fraction of sp³-hybridized carbons (Fsp3) is 0.259. The second-order valence-electron chi connectivity index (χ2n) is 8.52. The molecule has 3 aromatic rings. The van der Waals surface area contributed by atoms with E-state index in [0.29, 0.717) is 17.1 Å². The number of aryl methyl sites for hydroxylation is 1. The lowest BCUT2D eigenvalue weighted by Gasteiger charge is -2.32. The molecule has 0 spiro atoms. The molecule has 0 aliphatic rings. The largest absolute Gasteiger partial charge is 0.508 e. The second-order valence-corrected chi connectivity index (χ2v) is 8.52. The van der Waals surface area contributed by atoms with Crippen molar-refractivity contribution >= 4 is 29.2 Å². The minimum atomic E-state index is -0.994. The van der Waals surface area contributed by atoms with Gasteiger partial charge in [0.1, 0.15) is 17.6 Å². The number of nitrogens with zero attached hydrogens (tertiary/aromatic N) is 2. The first-order valence-corrected chi connectivity index (χ1v) is 11.4. The third kappa shape index (κ3) is 7.14. The van der Waals surface area contributed by atoms with Gasteiger partial charge in [0.05, 0.1) is 0 Å². The van der Waals surface area contributed by atoms with Crippen molar-refractivity contribution in [2.24, 2.45) is 0 Å². The Morgan fingerprint density at radius 2 is 1.71 bits per heavy atom. The molecule has 0 saturated heterocycles. The van der Waals surface area contributed by atoms with Crippen molar-refractivity contribution < 1.29 is 19.5 Å². The number of phenolic OH excluding ortho intramolecular Hbond substituents is 1. The second kappa shape index (κ2) is 11.8. The van der Waals surface area contributed by atoms with Crippen LogP contribution in [0.5, 0.6) is 5.75 Å². The number of phenols is 1. The van der Waals surface area contributed by atoms with Crippen LogP contribution in [0, 0.1) is 6.92 Å². The van der Waals surface area contributed by atoms with Gasteiger partial charge in [-0.3, -0.25) is 19.3 Å². The molecule has 0 aliphatic heterocycles. The quantitative estimate of drug-likeness (QED) is 0.432. The molecule has 3 amide bonds. The van der Waals surface area contributed by atoms with Gasteiger partial charge in [0.2, 0.25) is 17.7 Å². The molecule has 0 bridgehead atoms. The van der Waals surface area contributed by atoms with E-state index in [-0.39, 0.29) is 42.4 Å². The number of carbonyl (C=O) groups excluding carboxylic acids is 3. The van der Waals surface area contributed by atoms with Crippen LogP contribution >= 0.6 is 0 Å². The van der Waals surface area contributed by atoms with Gasteiger partial charge in [-0.2, -0.15) is 0 Å². The van der Waals surface area contributed by atoms with E-state index in [4.69, 9.17) is 0 Å². The number of rotatable bonds is 9. The van der Waals surface area contributed by atoms with Crippen LogP contribution in [0.1, 0.15) is 43.9 Å². The van der Waals surface area contributed by atoms with Crippen molar-refractivity contribution in [1.82, 2.24) is 10.3 Å². The normalized spacial score (nSPS) is 11.5. The first-order valence-electron chi connectivity index (χ1n) is 11.4. The van der Waals surface area contributed by atoms with E-state index in [0.717, 1.165) is 5.56 Å². The molecule has 1 atom stereocenters. The van der Waals surface area contributed by atoms with Crippen LogP contribution < -0.4 is 15.5 Å². The van der Waals surface area contributed by atoms with Gasteiger partial charge in [-0.25, -0.2) is 4.98 Å². The maximum Gasteiger partial charge on any atom is 0.248 e. The van der Waals surface area contributed by atoms with Crippen LogP contribution in [-0.2, 0) is 14.4 Å². The Morgan fingerprint density at radius 3 is 2.34 bits per heavy atom. The summed E-state index contributed by atoms with van der Waals surface area (Å²) in [5.74, 6) is -0.647. The molecule has 0 saturated carbocycles. The Bertz CT molecular complexity index is 1160. The summed E-state index contributed by atoms with van der Waals surface area (Å²) in [6.45, 7) is 5.58. The molecule has 35 heavy (non-hydrogen) atoms. The fourth-order valence-electron chi connectivity index (χ4n) is 3.64. The number of carbonyl (C=O) groups is 3. The Balaban J connectivity index is 1.93. The lowest BCUT2D eigenvalue weighted by atomic mass is 10.0. The molecule has 8 nitrogen and oxygen atoms in total. The summed E-state index contributed by atoms with van der Waals surface area (Å²) in [5, 5.41) is 15.3. The number of hydrogen-bond acceptors (Lipinski definition) is 5. The maximum atomic E-state index is 13.6. The summed E-state index contributed by atoms with van der Waals surface area (Å²) in [4.78, 5) is 44.9. The van der Waals surface area contributed by atoms with E-state index >= 15 is 0 Å². The van der Waals surface area contributed by atoms with E-state index in [1.54, 1.807) is 42.6 Å². The SMILES string of the molecule is Cc1cccc(N(C(=O)CCC(=O)Nc2ccccn2)[C@@H](C(=O)NC(C)C)c2ccc(O)cc2)c1. The number of amides is 3. The highest BCUT2D eigenvalue weighted by Crippen LogP contribution is 2.30. The molecule has 3 N–H and O–H groups in total. The Hall–Kier alpha value is -4.20.